The maximum absolute atomic E-state index is 11.8. The Morgan fingerprint density at radius 1 is 1.21 bits per heavy atom. The fourth-order valence-corrected chi connectivity index (χ4v) is 2.01. The van der Waals surface area contributed by atoms with E-state index in [2.05, 4.69) is 0 Å². The average molecular weight is 258 g/mol. The first-order valence-electron chi connectivity index (χ1n) is 6.30. The number of para-hydroxylation sites is 1. The van der Waals surface area contributed by atoms with E-state index in [0.29, 0.717) is 13.1 Å². The summed E-state index contributed by atoms with van der Waals surface area (Å²) >= 11 is 0. The maximum Gasteiger partial charge on any atom is 0.250 e. The Balaban J connectivity index is 2.42. The molecule has 0 atom stereocenters. The molecule has 19 heavy (non-hydrogen) atoms. The first-order chi connectivity index (χ1) is 9.26. The van der Waals surface area contributed by atoms with Crippen LogP contribution in [0.5, 0.6) is 5.75 Å². The summed E-state index contributed by atoms with van der Waals surface area (Å²) in [6.45, 7) is 1.21. The molecule has 0 spiro atoms. The van der Waals surface area contributed by atoms with Gasteiger partial charge in [0.25, 0.3) is 5.56 Å². The largest absolute Gasteiger partial charge is 0.496 e. The molecule has 100 valence electrons. The fraction of sp³-hybridized carbons (Fsp3) is 0.267. The fourth-order valence-electron chi connectivity index (χ4n) is 2.01. The van der Waals surface area contributed by atoms with E-state index < -0.39 is 0 Å². The number of aromatic nitrogens is 1. The molecule has 0 saturated heterocycles. The number of aryl methyl sites for hydroxylation is 1. The first-order valence-corrected chi connectivity index (χ1v) is 6.30. The molecule has 0 aliphatic carbocycles. The van der Waals surface area contributed by atoms with Gasteiger partial charge >= 0.3 is 0 Å². The molecule has 1 aromatic carbocycles. The van der Waals surface area contributed by atoms with Crippen molar-refractivity contribution in [2.45, 2.75) is 13.0 Å². The van der Waals surface area contributed by atoms with Crippen LogP contribution in [0.1, 0.15) is 6.42 Å². The highest BCUT2D eigenvalue weighted by atomic mass is 16.5. The van der Waals surface area contributed by atoms with E-state index in [1.165, 1.54) is 0 Å². The Morgan fingerprint density at radius 2 is 2.00 bits per heavy atom. The van der Waals surface area contributed by atoms with Crippen LogP contribution in [0.3, 0.4) is 0 Å². The van der Waals surface area contributed by atoms with E-state index in [-0.39, 0.29) is 5.56 Å². The molecule has 0 aliphatic rings. The van der Waals surface area contributed by atoms with Gasteiger partial charge in [0.05, 0.1) is 7.11 Å². The predicted molar refractivity (Wildman–Crippen MR) is 76.4 cm³/mol. The second-order valence-corrected chi connectivity index (χ2v) is 4.29. The lowest BCUT2D eigenvalue weighted by Gasteiger charge is -2.11. The number of ether oxygens (including phenoxy) is 1. The SMILES string of the molecule is COc1ccccc1-c1ccc(=O)n(CCCN)c1. The predicted octanol–water partition coefficient (Wildman–Crippen LogP) is 1.87. The minimum atomic E-state index is -0.00732. The maximum atomic E-state index is 11.8. The number of hydrogen-bond donors (Lipinski definition) is 1. The van der Waals surface area contributed by atoms with Gasteiger partial charge in [-0.05, 0) is 25.1 Å². The molecule has 0 fully saturated rings. The lowest BCUT2D eigenvalue weighted by molar-refractivity contribution is 0.416. The van der Waals surface area contributed by atoms with Gasteiger partial charge in [-0.25, -0.2) is 0 Å². The monoisotopic (exact) mass is 258 g/mol. The van der Waals surface area contributed by atoms with E-state index >= 15 is 0 Å². The molecular formula is C15H18N2O2. The van der Waals surface area contributed by atoms with Gasteiger partial charge in [0, 0.05) is 29.9 Å². The average Bonchev–Trinajstić information content (AvgIpc) is 2.46. The number of rotatable bonds is 5. The summed E-state index contributed by atoms with van der Waals surface area (Å²) in [6.07, 6.45) is 2.64. The molecule has 0 unspecified atom stereocenters. The van der Waals surface area contributed by atoms with Gasteiger partial charge in [-0.15, -0.1) is 0 Å². The molecule has 0 bridgehead atoms. The third kappa shape index (κ3) is 3.03. The van der Waals surface area contributed by atoms with Crippen molar-refractivity contribution in [1.29, 1.82) is 0 Å². The number of benzene rings is 1. The number of pyridine rings is 1. The summed E-state index contributed by atoms with van der Waals surface area (Å²) in [4.78, 5) is 11.8. The normalized spacial score (nSPS) is 10.4. The van der Waals surface area contributed by atoms with E-state index in [4.69, 9.17) is 10.5 Å². The van der Waals surface area contributed by atoms with Gasteiger partial charge in [0.15, 0.2) is 0 Å². The molecule has 2 rings (SSSR count). The number of nitrogens with zero attached hydrogens (tertiary/aromatic N) is 1. The molecule has 0 aliphatic heterocycles. The summed E-state index contributed by atoms with van der Waals surface area (Å²) < 4.78 is 7.03. The van der Waals surface area contributed by atoms with Crippen LogP contribution < -0.4 is 16.0 Å². The van der Waals surface area contributed by atoms with E-state index in [1.807, 2.05) is 36.5 Å². The van der Waals surface area contributed by atoms with E-state index in [9.17, 15) is 4.79 Å². The Kier molecular flexibility index (Phi) is 4.36. The van der Waals surface area contributed by atoms with Crippen LogP contribution in [0.25, 0.3) is 11.1 Å². The molecule has 2 aromatic rings. The van der Waals surface area contributed by atoms with Gasteiger partial charge < -0.3 is 15.0 Å². The van der Waals surface area contributed by atoms with Crippen molar-refractivity contribution in [3.8, 4) is 16.9 Å². The van der Waals surface area contributed by atoms with Crippen molar-refractivity contribution in [2.24, 2.45) is 5.73 Å². The molecule has 2 N–H and O–H groups in total. The Bertz CT molecular complexity index is 605. The molecule has 0 saturated carbocycles. The van der Waals surface area contributed by atoms with E-state index in [0.717, 1.165) is 23.3 Å². The van der Waals surface area contributed by atoms with E-state index in [1.54, 1.807) is 17.7 Å². The Labute approximate surface area is 112 Å². The zero-order valence-corrected chi connectivity index (χ0v) is 11.0. The summed E-state index contributed by atoms with van der Waals surface area (Å²) in [5.74, 6) is 0.798. The second kappa shape index (κ2) is 6.20. The molecule has 1 aromatic heterocycles. The van der Waals surface area contributed by atoms with Crippen LogP contribution >= 0.6 is 0 Å². The van der Waals surface area contributed by atoms with Crippen LogP contribution in [0.15, 0.2) is 47.4 Å². The third-order valence-corrected chi connectivity index (χ3v) is 3.00. The van der Waals surface area contributed by atoms with Crippen molar-refractivity contribution in [3.63, 3.8) is 0 Å². The Morgan fingerprint density at radius 3 is 2.74 bits per heavy atom. The number of hydrogen-bond acceptors (Lipinski definition) is 3. The van der Waals surface area contributed by atoms with Gasteiger partial charge in [0.1, 0.15) is 5.75 Å². The van der Waals surface area contributed by atoms with Gasteiger partial charge in [-0.3, -0.25) is 4.79 Å². The Hall–Kier alpha value is -2.07. The van der Waals surface area contributed by atoms with Crippen LogP contribution in [0.2, 0.25) is 0 Å². The highest BCUT2D eigenvalue weighted by Gasteiger charge is 2.06. The summed E-state index contributed by atoms with van der Waals surface area (Å²) in [7, 11) is 1.64. The van der Waals surface area contributed by atoms with Gasteiger partial charge in [0.2, 0.25) is 0 Å². The highest BCUT2D eigenvalue weighted by Crippen LogP contribution is 2.28. The highest BCUT2D eigenvalue weighted by molar-refractivity contribution is 5.69. The molecule has 0 radical (unpaired) electrons. The molecule has 0 amide bonds. The first kappa shape index (κ1) is 13.4. The van der Waals surface area contributed by atoms with Gasteiger partial charge in [-0.1, -0.05) is 18.2 Å². The van der Waals surface area contributed by atoms with Crippen molar-refractivity contribution in [2.75, 3.05) is 13.7 Å². The van der Waals surface area contributed by atoms with Crippen molar-refractivity contribution >= 4 is 0 Å². The molecular weight excluding hydrogens is 240 g/mol. The quantitative estimate of drug-likeness (QED) is 0.890. The lowest BCUT2D eigenvalue weighted by atomic mass is 10.1. The topological polar surface area (TPSA) is 57.2 Å². The molecule has 1 heterocycles. The number of nitrogens with two attached hydrogens (primary N) is 1. The second-order valence-electron chi connectivity index (χ2n) is 4.29. The van der Waals surface area contributed by atoms with Crippen LogP contribution in [-0.2, 0) is 6.54 Å². The zero-order chi connectivity index (χ0) is 13.7. The smallest absolute Gasteiger partial charge is 0.250 e. The van der Waals surface area contributed by atoms with Crippen LogP contribution in [0.4, 0.5) is 0 Å². The minimum absolute atomic E-state index is 0.00732. The molecule has 4 nitrogen and oxygen atoms in total. The third-order valence-electron chi connectivity index (χ3n) is 3.00. The van der Waals surface area contributed by atoms with Crippen molar-refractivity contribution in [1.82, 2.24) is 4.57 Å². The zero-order valence-electron chi connectivity index (χ0n) is 11.0. The van der Waals surface area contributed by atoms with Crippen molar-refractivity contribution in [3.05, 3.63) is 52.9 Å². The summed E-state index contributed by atoms with van der Waals surface area (Å²) in [5, 5.41) is 0. The number of methoxy groups -OCH3 is 1. The van der Waals surface area contributed by atoms with Crippen LogP contribution in [0, 0.1) is 0 Å². The summed E-state index contributed by atoms with van der Waals surface area (Å²) in [5.41, 5.74) is 7.42. The standard InChI is InChI=1S/C15H18N2O2/c1-19-14-6-3-2-5-13(14)12-7-8-15(18)17(11-12)10-4-9-16/h2-3,5-8,11H,4,9-10,16H2,1H3. The lowest BCUT2D eigenvalue weighted by Crippen LogP contribution is -2.20. The molecule has 4 heteroatoms. The minimum Gasteiger partial charge on any atom is -0.496 e. The summed E-state index contributed by atoms with van der Waals surface area (Å²) in [6, 6.07) is 11.2. The van der Waals surface area contributed by atoms with Crippen LogP contribution in [-0.4, -0.2) is 18.2 Å². The van der Waals surface area contributed by atoms with Crippen molar-refractivity contribution < 1.29 is 4.74 Å². The van der Waals surface area contributed by atoms with Gasteiger partial charge in [-0.2, -0.15) is 0 Å².